The molecule has 0 unspecified atom stereocenters. The van der Waals surface area contributed by atoms with Crippen LogP contribution in [0.4, 0.5) is 36.1 Å². The maximum atomic E-state index is 13.5. The number of halogens is 6. The van der Waals surface area contributed by atoms with Crippen LogP contribution in [0.5, 0.6) is 0 Å². The van der Waals surface area contributed by atoms with Crippen LogP contribution in [0.3, 0.4) is 0 Å². The molecule has 0 bridgehead atoms. The smallest absolute Gasteiger partial charge is 0.439 e. The molecular weight excluding hydrogens is 404 g/mol. The number of alkyl carbamates (subject to hydrolysis) is 1. The van der Waals surface area contributed by atoms with Gasteiger partial charge in [0.25, 0.3) is 5.91 Å². The lowest BCUT2D eigenvalue weighted by atomic mass is 10.1. The van der Waals surface area contributed by atoms with E-state index in [1.165, 1.54) is 12.2 Å². The Balaban J connectivity index is 2.59. The van der Waals surface area contributed by atoms with Gasteiger partial charge in [0.05, 0.1) is 12.2 Å². The molecule has 152 valence electrons. The summed E-state index contributed by atoms with van der Waals surface area (Å²) in [6.45, 7) is 0.766. The Hall–Kier alpha value is -2.18. The number of rotatable bonds is 5. The van der Waals surface area contributed by atoms with Crippen molar-refractivity contribution in [2.24, 2.45) is 5.73 Å². The molecule has 6 nitrogen and oxygen atoms in total. The highest BCUT2D eigenvalue weighted by atomic mass is 32.1. The molecule has 1 aliphatic carbocycles. The normalized spacial score (nSPS) is 14.6. The zero-order chi connectivity index (χ0) is 20.6. The summed E-state index contributed by atoms with van der Waals surface area (Å²) in [5.74, 6) is -1.16. The highest BCUT2D eigenvalue weighted by molar-refractivity contribution is 7.16. The summed E-state index contributed by atoms with van der Waals surface area (Å²) >= 11 is 0.572. The lowest BCUT2D eigenvalue weighted by Crippen LogP contribution is -2.72. The maximum absolute atomic E-state index is 13.5. The van der Waals surface area contributed by atoms with Crippen LogP contribution in [0.2, 0.25) is 0 Å². The second-order valence-electron chi connectivity index (χ2n) is 5.64. The lowest BCUT2D eigenvalue weighted by molar-refractivity contribution is -0.294. The van der Waals surface area contributed by atoms with Crippen LogP contribution >= 0.6 is 11.3 Å². The van der Waals surface area contributed by atoms with Crippen molar-refractivity contribution in [3.05, 3.63) is 16.0 Å². The van der Waals surface area contributed by atoms with E-state index in [0.29, 0.717) is 41.0 Å². The number of anilines is 1. The van der Waals surface area contributed by atoms with E-state index in [-0.39, 0.29) is 0 Å². The molecule has 1 aromatic heterocycles. The van der Waals surface area contributed by atoms with Gasteiger partial charge in [0.15, 0.2) is 0 Å². The predicted molar refractivity (Wildman–Crippen MR) is 83.5 cm³/mol. The Morgan fingerprint density at radius 3 is 2.22 bits per heavy atom. The Labute approximate surface area is 153 Å². The number of alkyl halides is 6. The summed E-state index contributed by atoms with van der Waals surface area (Å²) in [5.41, 5.74) is 0.194. The number of hydrogen-bond acceptors (Lipinski definition) is 5. The number of thiophene rings is 1. The second-order valence-corrected chi connectivity index (χ2v) is 6.75. The largest absolute Gasteiger partial charge is 0.450 e. The van der Waals surface area contributed by atoms with Crippen LogP contribution in [0.25, 0.3) is 0 Å². The fourth-order valence-electron chi connectivity index (χ4n) is 2.72. The van der Waals surface area contributed by atoms with Crippen LogP contribution in [-0.4, -0.2) is 36.6 Å². The summed E-state index contributed by atoms with van der Waals surface area (Å²) < 4.78 is 85.4. The number of nitrogens with two attached hydrogens (primary N) is 1. The number of carbonyl (C=O) groups is 2. The summed E-state index contributed by atoms with van der Waals surface area (Å²) in [5, 5.41) is 1.41. The van der Waals surface area contributed by atoms with Crippen LogP contribution in [0.1, 0.15) is 34.1 Å². The minimum atomic E-state index is -6.01. The number of nitrogens with one attached hydrogen (secondary N) is 2. The van der Waals surface area contributed by atoms with Gasteiger partial charge in [-0.2, -0.15) is 26.3 Å². The number of hydrogen-bond donors (Lipinski definition) is 3. The van der Waals surface area contributed by atoms with Gasteiger partial charge in [0.2, 0.25) is 0 Å². The average Bonchev–Trinajstić information content (AvgIpc) is 3.03. The number of carbonyl (C=O) groups excluding carboxylic acids is 2. The molecule has 0 saturated carbocycles. The lowest BCUT2D eigenvalue weighted by Gasteiger charge is -2.38. The highest BCUT2D eigenvalue weighted by Crippen LogP contribution is 2.47. The molecule has 2 rings (SSSR count). The van der Waals surface area contributed by atoms with Crippen LogP contribution in [-0.2, 0) is 17.6 Å². The summed E-state index contributed by atoms with van der Waals surface area (Å²) in [7, 11) is 0. The third-order valence-electron chi connectivity index (χ3n) is 3.88. The Morgan fingerprint density at radius 1 is 1.15 bits per heavy atom. The molecule has 0 spiro atoms. The SMILES string of the molecule is CCOC(=O)NC(Nc1sc2c(c1C(N)=O)CCC2)(C(F)(F)F)C(F)(F)F. The van der Waals surface area contributed by atoms with Gasteiger partial charge in [0, 0.05) is 4.88 Å². The molecule has 13 heteroatoms. The van der Waals surface area contributed by atoms with Crippen molar-refractivity contribution in [3.63, 3.8) is 0 Å². The van der Waals surface area contributed by atoms with Crippen molar-refractivity contribution in [3.8, 4) is 0 Å². The molecule has 1 aliphatic rings. The van der Waals surface area contributed by atoms with Gasteiger partial charge in [-0.3, -0.25) is 10.1 Å². The minimum absolute atomic E-state index is 0.308. The fourth-order valence-corrected chi connectivity index (χ4v) is 4.07. The molecule has 0 aromatic carbocycles. The molecule has 27 heavy (non-hydrogen) atoms. The third-order valence-corrected chi connectivity index (χ3v) is 5.09. The van der Waals surface area contributed by atoms with Gasteiger partial charge in [-0.1, -0.05) is 0 Å². The molecule has 0 atom stereocenters. The second kappa shape index (κ2) is 7.09. The molecule has 0 saturated heterocycles. The van der Waals surface area contributed by atoms with Crippen molar-refractivity contribution < 1.29 is 40.7 Å². The summed E-state index contributed by atoms with van der Waals surface area (Å²) in [4.78, 5) is 23.6. The van der Waals surface area contributed by atoms with E-state index in [0.717, 1.165) is 5.32 Å². The molecule has 0 fully saturated rings. The Bertz CT molecular complexity index is 730. The maximum Gasteiger partial charge on any atom is 0.439 e. The number of fused-ring (bicyclic) bond motifs is 1. The fraction of sp³-hybridized carbons (Fsp3) is 0.571. The Morgan fingerprint density at radius 2 is 1.74 bits per heavy atom. The molecule has 1 heterocycles. The summed E-state index contributed by atoms with van der Waals surface area (Å²) in [6.07, 6.45) is -12.6. The van der Waals surface area contributed by atoms with Gasteiger partial charge in [-0.05, 0) is 31.7 Å². The van der Waals surface area contributed by atoms with E-state index in [4.69, 9.17) is 5.73 Å². The van der Waals surface area contributed by atoms with Crippen molar-refractivity contribution in [2.45, 2.75) is 44.2 Å². The number of aryl methyl sites for hydroxylation is 1. The molecule has 1 aromatic rings. The first kappa shape index (κ1) is 21.1. The van der Waals surface area contributed by atoms with Crippen molar-refractivity contribution in [1.29, 1.82) is 0 Å². The molecule has 0 aliphatic heterocycles. The summed E-state index contributed by atoms with van der Waals surface area (Å²) in [6, 6.07) is 0. The van der Waals surface area contributed by atoms with Gasteiger partial charge >= 0.3 is 24.1 Å². The van der Waals surface area contributed by atoms with E-state index < -0.39 is 47.2 Å². The van der Waals surface area contributed by atoms with Crippen molar-refractivity contribution in [2.75, 3.05) is 11.9 Å². The first-order valence-electron chi connectivity index (χ1n) is 7.65. The number of primary amides is 1. The zero-order valence-electron chi connectivity index (χ0n) is 13.8. The van der Waals surface area contributed by atoms with Gasteiger partial charge < -0.3 is 15.8 Å². The van der Waals surface area contributed by atoms with Crippen molar-refractivity contribution in [1.82, 2.24) is 5.32 Å². The van der Waals surface area contributed by atoms with Gasteiger partial charge in [-0.15, -0.1) is 11.3 Å². The van der Waals surface area contributed by atoms with E-state index in [2.05, 4.69) is 4.74 Å². The quantitative estimate of drug-likeness (QED) is 0.504. The first-order valence-corrected chi connectivity index (χ1v) is 8.46. The molecule has 0 radical (unpaired) electrons. The number of ether oxygens (including phenoxy) is 1. The van der Waals surface area contributed by atoms with Gasteiger partial charge in [-0.25, -0.2) is 4.79 Å². The number of amides is 2. The standard InChI is InChI=1S/C14H15F6N3O3S/c1-2-26-11(25)23-12(13(15,16)17,14(18,19)20)22-10-8(9(21)24)6-4-3-5-7(6)27-10/h22H,2-5H2,1H3,(H2,21,24)(H,23,25). The van der Waals surface area contributed by atoms with Crippen LogP contribution < -0.4 is 16.4 Å². The molecular formula is C14H15F6N3O3S. The molecule has 4 N–H and O–H groups in total. The zero-order valence-corrected chi connectivity index (χ0v) is 14.6. The average molecular weight is 419 g/mol. The first-order chi connectivity index (χ1) is 12.3. The Kier molecular flexibility index (Phi) is 5.55. The third kappa shape index (κ3) is 3.77. The minimum Gasteiger partial charge on any atom is -0.450 e. The van der Waals surface area contributed by atoms with Crippen LogP contribution in [0.15, 0.2) is 0 Å². The monoisotopic (exact) mass is 419 g/mol. The topological polar surface area (TPSA) is 93.4 Å². The highest BCUT2D eigenvalue weighted by Gasteiger charge is 2.73. The van der Waals surface area contributed by atoms with E-state index in [9.17, 15) is 35.9 Å². The van der Waals surface area contributed by atoms with Crippen LogP contribution in [0, 0.1) is 0 Å². The van der Waals surface area contributed by atoms with Crippen molar-refractivity contribution >= 4 is 28.3 Å². The van der Waals surface area contributed by atoms with E-state index >= 15 is 0 Å². The van der Waals surface area contributed by atoms with E-state index in [1.807, 2.05) is 0 Å². The van der Waals surface area contributed by atoms with Gasteiger partial charge in [0.1, 0.15) is 5.00 Å². The molecule has 2 amide bonds. The predicted octanol–water partition coefficient (Wildman–Crippen LogP) is 3.31. The van der Waals surface area contributed by atoms with E-state index in [1.54, 1.807) is 0 Å².